The SMILES string of the molecule is C=C1CCC(Br)CC1C. The lowest BCUT2D eigenvalue weighted by atomic mass is 9.87. The van der Waals surface area contributed by atoms with Gasteiger partial charge in [-0.1, -0.05) is 35.0 Å². The Morgan fingerprint density at radius 2 is 2.33 bits per heavy atom. The molecule has 0 aromatic carbocycles. The summed E-state index contributed by atoms with van der Waals surface area (Å²) in [6.45, 7) is 6.27. The molecule has 0 amide bonds. The number of allylic oxidation sites excluding steroid dienone is 1. The quantitative estimate of drug-likeness (QED) is 0.405. The molecule has 0 bridgehead atoms. The van der Waals surface area contributed by atoms with E-state index in [4.69, 9.17) is 0 Å². The van der Waals surface area contributed by atoms with E-state index in [1.165, 1.54) is 24.8 Å². The minimum atomic E-state index is 0.739. The summed E-state index contributed by atoms with van der Waals surface area (Å²) in [5.74, 6) is 0.739. The van der Waals surface area contributed by atoms with E-state index in [1.807, 2.05) is 0 Å². The van der Waals surface area contributed by atoms with E-state index in [0.717, 1.165) is 10.7 Å². The van der Waals surface area contributed by atoms with E-state index in [0.29, 0.717) is 0 Å². The van der Waals surface area contributed by atoms with Crippen LogP contribution in [-0.2, 0) is 0 Å². The van der Waals surface area contributed by atoms with Crippen LogP contribution in [0, 0.1) is 5.92 Å². The number of alkyl halides is 1. The van der Waals surface area contributed by atoms with E-state index in [2.05, 4.69) is 29.4 Å². The molecular formula is C8H13Br. The molecule has 0 spiro atoms. The van der Waals surface area contributed by atoms with Gasteiger partial charge in [-0.25, -0.2) is 0 Å². The summed E-state index contributed by atoms with van der Waals surface area (Å²) in [6.07, 6.45) is 3.78. The van der Waals surface area contributed by atoms with E-state index in [9.17, 15) is 0 Å². The first-order valence-corrected chi connectivity index (χ1v) is 4.43. The van der Waals surface area contributed by atoms with Gasteiger partial charge in [-0.2, -0.15) is 0 Å². The molecule has 2 atom stereocenters. The average molecular weight is 189 g/mol. The minimum absolute atomic E-state index is 0.739. The lowest BCUT2D eigenvalue weighted by molar-refractivity contribution is 0.502. The summed E-state index contributed by atoms with van der Waals surface area (Å²) < 4.78 is 0. The first-order valence-electron chi connectivity index (χ1n) is 3.52. The van der Waals surface area contributed by atoms with E-state index >= 15 is 0 Å². The van der Waals surface area contributed by atoms with Crippen LogP contribution in [0.2, 0.25) is 0 Å². The number of hydrogen-bond acceptors (Lipinski definition) is 0. The average Bonchev–Trinajstić information content (AvgIpc) is 1.80. The lowest BCUT2D eigenvalue weighted by Gasteiger charge is -2.24. The fourth-order valence-corrected chi connectivity index (χ4v) is 2.05. The van der Waals surface area contributed by atoms with Gasteiger partial charge < -0.3 is 0 Å². The van der Waals surface area contributed by atoms with Crippen LogP contribution in [0.25, 0.3) is 0 Å². The summed E-state index contributed by atoms with van der Waals surface area (Å²) in [5, 5.41) is 0. The first-order chi connectivity index (χ1) is 4.20. The summed E-state index contributed by atoms with van der Waals surface area (Å²) in [4.78, 5) is 0.748. The van der Waals surface area contributed by atoms with Gasteiger partial charge in [0.05, 0.1) is 0 Å². The molecule has 9 heavy (non-hydrogen) atoms. The Morgan fingerprint density at radius 3 is 2.78 bits per heavy atom. The molecule has 1 aliphatic carbocycles. The highest BCUT2D eigenvalue weighted by atomic mass is 79.9. The van der Waals surface area contributed by atoms with Gasteiger partial charge in [-0.3, -0.25) is 0 Å². The highest BCUT2D eigenvalue weighted by Gasteiger charge is 2.18. The zero-order chi connectivity index (χ0) is 6.85. The summed E-state index contributed by atoms with van der Waals surface area (Å²) in [6, 6.07) is 0. The molecule has 0 nitrogen and oxygen atoms in total. The Bertz CT molecular complexity index is 118. The molecule has 0 aromatic heterocycles. The van der Waals surface area contributed by atoms with Crippen LogP contribution in [0.15, 0.2) is 12.2 Å². The largest absolute Gasteiger partial charge is 0.0996 e. The predicted molar refractivity (Wildman–Crippen MR) is 44.9 cm³/mol. The molecule has 1 aliphatic rings. The van der Waals surface area contributed by atoms with Gasteiger partial charge in [0.2, 0.25) is 0 Å². The van der Waals surface area contributed by atoms with Crippen molar-refractivity contribution in [1.82, 2.24) is 0 Å². The topological polar surface area (TPSA) is 0 Å². The Labute approximate surface area is 65.5 Å². The number of halogens is 1. The van der Waals surface area contributed by atoms with Crippen LogP contribution >= 0.6 is 15.9 Å². The molecule has 0 heterocycles. The van der Waals surface area contributed by atoms with Crippen molar-refractivity contribution in [3.05, 3.63) is 12.2 Å². The van der Waals surface area contributed by atoms with Gasteiger partial charge in [0.25, 0.3) is 0 Å². The second-order valence-corrected chi connectivity index (χ2v) is 4.23. The lowest BCUT2D eigenvalue weighted by Crippen LogP contribution is -2.14. The third-order valence-electron chi connectivity index (χ3n) is 2.08. The van der Waals surface area contributed by atoms with Crippen molar-refractivity contribution < 1.29 is 0 Å². The van der Waals surface area contributed by atoms with Crippen molar-refractivity contribution in [1.29, 1.82) is 0 Å². The third kappa shape index (κ3) is 1.82. The molecule has 0 saturated heterocycles. The van der Waals surface area contributed by atoms with Crippen molar-refractivity contribution in [2.75, 3.05) is 0 Å². The smallest absolute Gasteiger partial charge is 0.0154 e. The van der Waals surface area contributed by atoms with Gasteiger partial charge >= 0.3 is 0 Å². The maximum atomic E-state index is 4.01. The van der Waals surface area contributed by atoms with Crippen molar-refractivity contribution >= 4 is 15.9 Å². The zero-order valence-corrected chi connectivity index (χ0v) is 7.45. The molecule has 0 aromatic rings. The molecular weight excluding hydrogens is 176 g/mol. The summed E-state index contributed by atoms with van der Waals surface area (Å²) in [5.41, 5.74) is 1.44. The monoisotopic (exact) mass is 188 g/mol. The number of rotatable bonds is 0. The van der Waals surface area contributed by atoms with Crippen LogP contribution in [-0.4, -0.2) is 4.83 Å². The third-order valence-corrected chi connectivity index (χ3v) is 2.92. The second kappa shape index (κ2) is 2.87. The Balaban J connectivity index is 2.44. The molecule has 2 unspecified atom stereocenters. The van der Waals surface area contributed by atoms with E-state index < -0.39 is 0 Å². The standard InChI is InChI=1S/C8H13Br/c1-6-3-4-8(9)5-7(6)2/h7-8H,1,3-5H2,2H3. The number of hydrogen-bond donors (Lipinski definition) is 0. The van der Waals surface area contributed by atoms with Crippen LogP contribution in [0.1, 0.15) is 26.2 Å². The first kappa shape index (κ1) is 7.33. The van der Waals surface area contributed by atoms with Crippen LogP contribution in [0.3, 0.4) is 0 Å². The maximum absolute atomic E-state index is 4.01. The van der Waals surface area contributed by atoms with Gasteiger partial charge in [-0.15, -0.1) is 0 Å². The minimum Gasteiger partial charge on any atom is -0.0996 e. The van der Waals surface area contributed by atoms with Gasteiger partial charge in [0.1, 0.15) is 0 Å². The summed E-state index contributed by atoms with van der Waals surface area (Å²) in [7, 11) is 0. The van der Waals surface area contributed by atoms with E-state index in [-0.39, 0.29) is 0 Å². The molecule has 0 radical (unpaired) electrons. The van der Waals surface area contributed by atoms with Crippen LogP contribution in [0.5, 0.6) is 0 Å². The molecule has 1 saturated carbocycles. The van der Waals surface area contributed by atoms with Gasteiger partial charge in [-0.05, 0) is 25.2 Å². The Hall–Kier alpha value is 0.220. The normalized spacial score (nSPS) is 36.9. The van der Waals surface area contributed by atoms with E-state index in [1.54, 1.807) is 0 Å². The zero-order valence-electron chi connectivity index (χ0n) is 5.86. The van der Waals surface area contributed by atoms with Crippen LogP contribution < -0.4 is 0 Å². The van der Waals surface area contributed by atoms with Crippen molar-refractivity contribution in [2.24, 2.45) is 5.92 Å². The van der Waals surface area contributed by atoms with Crippen molar-refractivity contribution in [3.8, 4) is 0 Å². The highest BCUT2D eigenvalue weighted by Crippen LogP contribution is 2.31. The second-order valence-electron chi connectivity index (χ2n) is 2.93. The molecule has 0 aliphatic heterocycles. The molecule has 52 valence electrons. The van der Waals surface area contributed by atoms with Crippen LogP contribution in [0.4, 0.5) is 0 Å². The maximum Gasteiger partial charge on any atom is 0.0154 e. The molecule has 0 N–H and O–H groups in total. The fourth-order valence-electron chi connectivity index (χ4n) is 1.26. The van der Waals surface area contributed by atoms with Gasteiger partial charge in [0.15, 0.2) is 0 Å². The van der Waals surface area contributed by atoms with Gasteiger partial charge in [0, 0.05) is 4.83 Å². The van der Waals surface area contributed by atoms with Crippen molar-refractivity contribution in [3.63, 3.8) is 0 Å². The Morgan fingerprint density at radius 1 is 1.67 bits per heavy atom. The molecule has 1 heteroatoms. The predicted octanol–water partition coefficient (Wildman–Crippen LogP) is 3.13. The molecule has 1 fully saturated rings. The molecule has 1 rings (SSSR count). The Kier molecular flexibility index (Phi) is 2.34. The summed E-state index contributed by atoms with van der Waals surface area (Å²) >= 11 is 3.62. The van der Waals surface area contributed by atoms with Crippen molar-refractivity contribution in [2.45, 2.75) is 31.0 Å². The highest BCUT2D eigenvalue weighted by molar-refractivity contribution is 9.09. The fraction of sp³-hybridized carbons (Fsp3) is 0.750.